The van der Waals surface area contributed by atoms with Crippen LogP contribution in [0.1, 0.15) is 15.9 Å². The van der Waals surface area contributed by atoms with Gasteiger partial charge < -0.3 is 15.5 Å². The van der Waals surface area contributed by atoms with Crippen LogP contribution in [0.3, 0.4) is 0 Å². The number of phenols is 1. The number of nitrogens with one attached hydrogen (secondary N) is 1. The van der Waals surface area contributed by atoms with Crippen molar-refractivity contribution < 1.29 is 19.8 Å². The zero-order chi connectivity index (χ0) is 16.3. The van der Waals surface area contributed by atoms with Gasteiger partial charge >= 0.3 is 5.97 Å². The molecule has 0 saturated heterocycles. The summed E-state index contributed by atoms with van der Waals surface area (Å²) in [6.07, 6.45) is -0.212. The van der Waals surface area contributed by atoms with Crippen LogP contribution in [-0.4, -0.2) is 22.1 Å². The molecule has 0 fully saturated rings. The highest BCUT2D eigenvalue weighted by Crippen LogP contribution is 2.27. The molecule has 0 atom stereocenters. The molecule has 0 unspecified atom stereocenters. The number of carboxylic acids is 1. The van der Waals surface area contributed by atoms with E-state index >= 15 is 0 Å². The Labute approximate surface area is 136 Å². The number of hydrogen-bond donors (Lipinski definition) is 3. The normalized spacial score (nSPS) is 10.3. The van der Waals surface area contributed by atoms with E-state index in [1.54, 1.807) is 0 Å². The third kappa shape index (κ3) is 3.90. The molecule has 114 valence electrons. The molecule has 5 nitrogen and oxygen atoms in total. The summed E-state index contributed by atoms with van der Waals surface area (Å²) >= 11 is 11.6. The van der Waals surface area contributed by atoms with Gasteiger partial charge in [-0.3, -0.25) is 9.59 Å². The number of rotatable bonds is 4. The van der Waals surface area contributed by atoms with Crippen molar-refractivity contribution in [3.8, 4) is 5.75 Å². The molecule has 0 heterocycles. The molecule has 0 radical (unpaired) electrons. The van der Waals surface area contributed by atoms with Gasteiger partial charge in [0.15, 0.2) is 0 Å². The summed E-state index contributed by atoms with van der Waals surface area (Å²) in [4.78, 5) is 22.8. The van der Waals surface area contributed by atoms with Gasteiger partial charge in [-0.05, 0) is 35.9 Å². The smallest absolute Gasteiger partial charge is 0.307 e. The fourth-order valence-corrected chi connectivity index (χ4v) is 2.10. The first-order valence-corrected chi connectivity index (χ1v) is 6.92. The Kier molecular flexibility index (Phi) is 4.90. The molecule has 2 aromatic rings. The van der Waals surface area contributed by atoms with Gasteiger partial charge in [-0.2, -0.15) is 0 Å². The Morgan fingerprint density at radius 2 is 1.77 bits per heavy atom. The third-order valence-electron chi connectivity index (χ3n) is 2.85. The summed E-state index contributed by atoms with van der Waals surface area (Å²) in [5, 5.41) is 21.6. The van der Waals surface area contributed by atoms with Gasteiger partial charge in [0.05, 0.1) is 22.2 Å². The number of benzene rings is 2. The summed E-state index contributed by atoms with van der Waals surface area (Å²) in [7, 11) is 0. The number of carbonyl (C=O) groups excluding carboxylic acids is 1. The number of aliphatic carboxylic acids is 1. The Morgan fingerprint density at radius 3 is 2.41 bits per heavy atom. The molecule has 0 spiro atoms. The average Bonchev–Trinajstić information content (AvgIpc) is 2.45. The molecule has 1 amide bonds. The van der Waals surface area contributed by atoms with Crippen molar-refractivity contribution in [3.63, 3.8) is 0 Å². The molecule has 0 aromatic heterocycles. The Morgan fingerprint density at radius 1 is 1.05 bits per heavy atom. The molecule has 0 aliphatic heterocycles. The predicted octanol–water partition coefficient (Wildman–Crippen LogP) is 3.58. The van der Waals surface area contributed by atoms with E-state index in [1.165, 1.54) is 36.4 Å². The first-order valence-electron chi connectivity index (χ1n) is 6.17. The second kappa shape index (κ2) is 6.68. The van der Waals surface area contributed by atoms with Crippen molar-refractivity contribution in [2.24, 2.45) is 0 Å². The first kappa shape index (κ1) is 16.1. The molecule has 0 aliphatic rings. The van der Waals surface area contributed by atoms with Crippen molar-refractivity contribution in [1.29, 1.82) is 0 Å². The van der Waals surface area contributed by atoms with Gasteiger partial charge in [0.2, 0.25) is 0 Å². The molecule has 22 heavy (non-hydrogen) atoms. The molecular weight excluding hydrogens is 329 g/mol. The van der Waals surface area contributed by atoms with E-state index in [9.17, 15) is 14.7 Å². The Bertz CT molecular complexity index is 746. The minimum absolute atomic E-state index is 0.120. The lowest BCUT2D eigenvalue weighted by molar-refractivity contribution is -0.136. The lowest BCUT2D eigenvalue weighted by Gasteiger charge is -2.09. The maximum absolute atomic E-state index is 12.1. The topological polar surface area (TPSA) is 86.6 Å². The van der Waals surface area contributed by atoms with Crippen LogP contribution >= 0.6 is 23.2 Å². The van der Waals surface area contributed by atoms with Gasteiger partial charge in [-0.25, -0.2) is 0 Å². The highest BCUT2D eigenvalue weighted by molar-refractivity contribution is 6.42. The number of hydrogen-bond acceptors (Lipinski definition) is 3. The molecule has 0 bridgehead atoms. The zero-order valence-electron chi connectivity index (χ0n) is 11.1. The second-order valence-electron chi connectivity index (χ2n) is 4.51. The lowest BCUT2D eigenvalue weighted by atomic mass is 10.1. The molecule has 7 heteroatoms. The number of halogens is 2. The molecular formula is C15H11Cl2NO4. The van der Waals surface area contributed by atoms with Crippen molar-refractivity contribution in [2.75, 3.05) is 5.32 Å². The van der Waals surface area contributed by atoms with E-state index in [0.717, 1.165) is 0 Å². The van der Waals surface area contributed by atoms with Crippen LogP contribution in [0.5, 0.6) is 5.75 Å². The minimum Gasteiger partial charge on any atom is -0.506 e. The van der Waals surface area contributed by atoms with Crippen LogP contribution in [-0.2, 0) is 11.2 Å². The molecule has 2 rings (SSSR count). The third-order valence-corrected chi connectivity index (χ3v) is 3.59. The SMILES string of the molecule is O=C(O)Cc1ccc(O)c(NC(=O)c2ccc(Cl)c(Cl)c2)c1. The van der Waals surface area contributed by atoms with E-state index in [2.05, 4.69) is 5.32 Å². The molecule has 2 aromatic carbocycles. The van der Waals surface area contributed by atoms with E-state index in [1.807, 2.05) is 0 Å². The summed E-state index contributed by atoms with van der Waals surface area (Å²) in [6, 6.07) is 8.57. The minimum atomic E-state index is -1.01. The van der Waals surface area contributed by atoms with E-state index < -0.39 is 11.9 Å². The maximum Gasteiger partial charge on any atom is 0.307 e. The maximum atomic E-state index is 12.1. The van der Waals surface area contributed by atoms with E-state index in [-0.39, 0.29) is 28.4 Å². The number of phenolic OH excluding ortho intramolecular Hbond substituents is 1. The molecule has 0 aliphatic carbocycles. The van der Waals surface area contributed by atoms with E-state index in [0.29, 0.717) is 10.6 Å². The van der Waals surface area contributed by atoms with Gasteiger partial charge in [-0.15, -0.1) is 0 Å². The monoisotopic (exact) mass is 339 g/mol. The average molecular weight is 340 g/mol. The van der Waals surface area contributed by atoms with E-state index in [4.69, 9.17) is 28.3 Å². The Hall–Kier alpha value is -2.24. The number of carboxylic acid groups (broad SMARTS) is 1. The van der Waals surface area contributed by atoms with Gasteiger partial charge in [-0.1, -0.05) is 29.3 Å². The van der Waals surface area contributed by atoms with Crippen molar-refractivity contribution in [3.05, 3.63) is 57.6 Å². The highest BCUT2D eigenvalue weighted by atomic mass is 35.5. The van der Waals surface area contributed by atoms with Crippen LogP contribution in [0.15, 0.2) is 36.4 Å². The predicted molar refractivity (Wildman–Crippen MR) is 83.9 cm³/mol. The van der Waals surface area contributed by atoms with Crippen LogP contribution in [0.4, 0.5) is 5.69 Å². The number of carbonyl (C=O) groups is 2. The summed E-state index contributed by atoms with van der Waals surface area (Å²) in [6.45, 7) is 0. The van der Waals surface area contributed by atoms with Crippen LogP contribution in [0, 0.1) is 0 Å². The fourth-order valence-electron chi connectivity index (χ4n) is 1.80. The zero-order valence-corrected chi connectivity index (χ0v) is 12.6. The van der Waals surface area contributed by atoms with Crippen molar-refractivity contribution in [1.82, 2.24) is 0 Å². The Balaban J connectivity index is 2.23. The highest BCUT2D eigenvalue weighted by Gasteiger charge is 2.12. The van der Waals surface area contributed by atoms with Crippen molar-refractivity contribution in [2.45, 2.75) is 6.42 Å². The van der Waals surface area contributed by atoms with Crippen LogP contribution in [0.25, 0.3) is 0 Å². The standard InChI is InChI=1S/C15H11Cl2NO4/c16-10-3-2-9(7-11(10)17)15(22)18-12-5-8(6-14(20)21)1-4-13(12)19/h1-5,7,19H,6H2,(H,18,22)(H,20,21). The largest absolute Gasteiger partial charge is 0.506 e. The van der Waals surface area contributed by atoms with Gasteiger partial charge in [0, 0.05) is 5.56 Å². The second-order valence-corrected chi connectivity index (χ2v) is 5.32. The van der Waals surface area contributed by atoms with Gasteiger partial charge in [0.1, 0.15) is 5.75 Å². The summed E-state index contributed by atoms with van der Waals surface area (Å²) in [5.41, 5.74) is 0.835. The fraction of sp³-hybridized carbons (Fsp3) is 0.0667. The number of aromatic hydroxyl groups is 1. The van der Waals surface area contributed by atoms with Crippen LogP contribution < -0.4 is 5.32 Å². The molecule has 0 saturated carbocycles. The van der Waals surface area contributed by atoms with Crippen LogP contribution in [0.2, 0.25) is 10.0 Å². The summed E-state index contributed by atoms with van der Waals surface area (Å²) < 4.78 is 0. The lowest BCUT2D eigenvalue weighted by Crippen LogP contribution is -2.12. The van der Waals surface area contributed by atoms with Gasteiger partial charge in [0.25, 0.3) is 5.91 Å². The van der Waals surface area contributed by atoms with Crippen molar-refractivity contribution >= 4 is 40.8 Å². The number of anilines is 1. The first-order chi connectivity index (χ1) is 10.4. The quantitative estimate of drug-likeness (QED) is 0.743. The number of amides is 1. The summed E-state index contributed by atoms with van der Waals surface area (Å²) in [5.74, 6) is -1.67. The molecule has 3 N–H and O–H groups in total.